The fraction of sp³-hybridized carbons (Fsp3) is 0.759. The average molecular weight is 463 g/mol. The minimum Gasteiger partial charge on any atom is -0.465 e. The number of unbranched alkanes of at least 4 members (excludes halogenated alkanes) is 15. The summed E-state index contributed by atoms with van der Waals surface area (Å²) in [6.07, 6.45) is 24.4. The van der Waals surface area contributed by atoms with Gasteiger partial charge in [0.05, 0.1) is 6.61 Å². The van der Waals surface area contributed by atoms with Crippen molar-refractivity contribution in [1.29, 1.82) is 0 Å². The van der Waals surface area contributed by atoms with E-state index in [4.69, 9.17) is 4.74 Å². The number of carbonyl (C=O) groups is 1. The predicted molar refractivity (Wildman–Crippen MR) is 143 cm³/mol. The SMILES string of the molecule is CCCCCCCCCCCCCCCCCCOC(=O)C(C)(Cc1ccccc1)SC. The van der Waals surface area contributed by atoms with Crippen LogP contribution in [0.1, 0.15) is 122 Å². The van der Waals surface area contributed by atoms with Gasteiger partial charge in [0.25, 0.3) is 0 Å². The summed E-state index contributed by atoms with van der Waals surface area (Å²) in [5.74, 6) is -0.0742. The first-order valence-corrected chi connectivity index (χ1v) is 14.6. The van der Waals surface area contributed by atoms with Crippen LogP contribution in [0, 0.1) is 0 Å². The number of thioether (sulfide) groups is 1. The highest BCUT2D eigenvalue weighted by Gasteiger charge is 2.34. The summed E-state index contributed by atoms with van der Waals surface area (Å²) in [7, 11) is 0. The number of rotatable bonds is 21. The van der Waals surface area contributed by atoms with Crippen molar-refractivity contribution in [2.24, 2.45) is 0 Å². The molecule has 32 heavy (non-hydrogen) atoms. The smallest absolute Gasteiger partial charge is 0.322 e. The van der Waals surface area contributed by atoms with Crippen molar-refractivity contribution >= 4 is 17.7 Å². The van der Waals surface area contributed by atoms with Gasteiger partial charge in [0, 0.05) is 0 Å². The molecule has 0 aromatic heterocycles. The quantitative estimate of drug-likeness (QED) is 0.134. The zero-order valence-corrected chi connectivity index (χ0v) is 22.2. The second kappa shape index (κ2) is 19.5. The summed E-state index contributed by atoms with van der Waals surface area (Å²) in [5, 5.41) is 0. The maximum atomic E-state index is 12.6. The number of benzene rings is 1. The molecule has 0 radical (unpaired) electrons. The lowest BCUT2D eigenvalue weighted by atomic mass is 10.0. The van der Waals surface area contributed by atoms with Gasteiger partial charge in [-0.2, -0.15) is 0 Å². The molecule has 0 saturated carbocycles. The highest BCUT2D eigenvalue weighted by atomic mass is 32.2. The Kier molecular flexibility index (Phi) is 17.7. The molecule has 0 spiro atoms. The van der Waals surface area contributed by atoms with Gasteiger partial charge < -0.3 is 4.74 Å². The van der Waals surface area contributed by atoms with E-state index in [2.05, 4.69) is 19.1 Å². The first kappa shape index (κ1) is 29.1. The summed E-state index contributed by atoms with van der Waals surface area (Å²) < 4.78 is 5.13. The van der Waals surface area contributed by atoms with Gasteiger partial charge in [-0.15, -0.1) is 11.8 Å². The molecule has 1 unspecified atom stereocenters. The Balaban J connectivity index is 1.93. The van der Waals surface area contributed by atoms with Gasteiger partial charge in [0.1, 0.15) is 4.75 Å². The Morgan fingerprint density at radius 1 is 0.750 bits per heavy atom. The first-order chi connectivity index (χ1) is 15.6. The molecule has 0 bridgehead atoms. The van der Waals surface area contributed by atoms with Crippen LogP contribution in [0.4, 0.5) is 0 Å². The molecule has 0 N–H and O–H groups in total. The molecule has 0 aliphatic heterocycles. The van der Waals surface area contributed by atoms with Crippen molar-refractivity contribution in [2.45, 2.75) is 128 Å². The van der Waals surface area contributed by atoms with E-state index < -0.39 is 4.75 Å². The van der Waals surface area contributed by atoms with E-state index in [0.717, 1.165) is 6.42 Å². The van der Waals surface area contributed by atoms with Gasteiger partial charge in [-0.3, -0.25) is 4.79 Å². The van der Waals surface area contributed by atoms with Gasteiger partial charge in [-0.1, -0.05) is 134 Å². The lowest BCUT2D eigenvalue weighted by Crippen LogP contribution is -2.36. The average Bonchev–Trinajstić information content (AvgIpc) is 2.81. The van der Waals surface area contributed by atoms with Gasteiger partial charge >= 0.3 is 5.97 Å². The minimum atomic E-state index is -0.504. The van der Waals surface area contributed by atoms with Crippen molar-refractivity contribution in [1.82, 2.24) is 0 Å². The number of esters is 1. The van der Waals surface area contributed by atoms with Crippen molar-refractivity contribution in [2.75, 3.05) is 12.9 Å². The first-order valence-electron chi connectivity index (χ1n) is 13.4. The van der Waals surface area contributed by atoms with Gasteiger partial charge in [0.15, 0.2) is 0 Å². The standard InChI is InChI=1S/C29H50O2S/c1-4-5-6-7-8-9-10-11-12-13-14-15-16-17-18-22-25-31-28(30)29(2,32-3)26-27-23-20-19-21-24-27/h19-21,23-24H,4-18,22,25-26H2,1-3H3. The van der Waals surface area contributed by atoms with Crippen LogP contribution in [0.3, 0.4) is 0 Å². The van der Waals surface area contributed by atoms with Gasteiger partial charge in [-0.05, 0) is 31.6 Å². The summed E-state index contributed by atoms with van der Waals surface area (Å²) in [5.41, 5.74) is 1.18. The van der Waals surface area contributed by atoms with E-state index in [1.165, 1.54) is 102 Å². The summed E-state index contributed by atoms with van der Waals surface area (Å²) in [6.45, 7) is 4.84. The molecular formula is C29H50O2S. The van der Waals surface area contributed by atoms with Gasteiger partial charge in [-0.25, -0.2) is 0 Å². The molecule has 3 heteroatoms. The van der Waals surface area contributed by atoms with E-state index in [-0.39, 0.29) is 5.97 Å². The Bertz CT molecular complexity index is 560. The molecular weight excluding hydrogens is 412 g/mol. The second-order valence-electron chi connectivity index (χ2n) is 9.54. The second-order valence-corrected chi connectivity index (χ2v) is 10.8. The fourth-order valence-electron chi connectivity index (χ4n) is 4.18. The van der Waals surface area contributed by atoms with Crippen molar-refractivity contribution in [3.63, 3.8) is 0 Å². The zero-order chi connectivity index (χ0) is 23.3. The lowest BCUT2D eigenvalue weighted by Gasteiger charge is -2.25. The van der Waals surface area contributed by atoms with E-state index >= 15 is 0 Å². The van der Waals surface area contributed by atoms with E-state index in [0.29, 0.717) is 13.0 Å². The number of carbonyl (C=O) groups excluding carboxylic acids is 1. The maximum absolute atomic E-state index is 12.6. The highest BCUT2D eigenvalue weighted by Crippen LogP contribution is 2.28. The van der Waals surface area contributed by atoms with Crippen LogP contribution in [0.5, 0.6) is 0 Å². The number of hydrogen-bond donors (Lipinski definition) is 0. The number of hydrogen-bond acceptors (Lipinski definition) is 3. The molecule has 0 aliphatic rings. The van der Waals surface area contributed by atoms with Gasteiger partial charge in [0.2, 0.25) is 0 Å². The molecule has 0 amide bonds. The zero-order valence-electron chi connectivity index (χ0n) is 21.3. The Morgan fingerprint density at radius 2 is 1.19 bits per heavy atom. The van der Waals surface area contributed by atoms with Crippen LogP contribution in [0.25, 0.3) is 0 Å². The summed E-state index contributed by atoms with van der Waals surface area (Å²) in [4.78, 5) is 12.6. The third-order valence-electron chi connectivity index (χ3n) is 6.50. The molecule has 0 fully saturated rings. The van der Waals surface area contributed by atoms with Crippen LogP contribution in [-0.4, -0.2) is 23.6 Å². The monoisotopic (exact) mass is 462 g/mol. The largest absolute Gasteiger partial charge is 0.465 e. The Labute approximate surface area is 203 Å². The fourth-order valence-corrected chi connectivity index (χ4v) is 4.72. The van der Waals surface area contributed by atoms with Crippen molar-refractivity contribution < 1.29 is 9.53 Å². The molecule has 0 heterocycles. The van der Waals surface area contributed by atoms with Crippen LogP contribution in [0.15, 0.2) is 30.3 Å². The van der Waals surface area contributed by atoms with E-state index in [1.54, 1.807) is 11.8 Å². The van der Waals surface area contributed by atoms with E-state index in [1.807, 2.05) is 31.4 Å². The molecule has 1 aromatic rings. The Morgan fingerprint density at radius 3 is 1.62 bits per heavy atom. The maximum Gasteiger partial charge on any atom is 0.322 e. The van der Waals surface area contributed by atoms with Crippen molar-refractivity contribution in [3.8, 4) is 0 Å². The van der Waals surface area contributed by atoms with Crippen LogP contribution >= 0.6 is 11.8 Å². The third-order valence-corrected chi connectivity index (χ3v) is 7.71. The van der Waals surface area contributed by atoms with Crippen LogP contribution < -0.4 is 0 Å². The molecule has 1 aromatic carbocycles. The third kappa shape index (κ3) is 14.2. The van der Waals surface area contributed by atoms with E-state index in [9.17, 15) is 4.79 Å². The van der Waals surface area contributed by atoms with Crippen LogP contribution in [-0.2, 0) is 16.0 Å². The molecule has 1 rings (SSSR count). The van der Waals surface area contributed by atoms with Crippen LogP contribution in [0.2, 0.25) is 0 Å². The predicted octanol–water partition coefficient (Wildman–Crippen LogP) is 9.16. The molecule has 0 aliphatic carbocycles. The van der Waals surface area contributed by atoms with Crippen molar-refractivity contribution in [3.05, 3.63) is 35.9 Å². The molecule has 2 nitrogen and oxygen atoms in total. The number of ether oxygens (including phenoxy) is 1. The summed E-state index contributed by atoms with van der Waals surface area (Å²) in [6, 6.07) is 10.2. The lowest BCUT2D eigenvalue weighted by molar-refractivity contribution is -0.146. The topological polar surface area (TPSA) is 26.3 Å². The molecule has 0 saturated heterocycles. The molecule has 1 atom stereocenters. The highest BCUT2D eigenvalue weighted by molar-refractivity contribution is 8.00. The Hall–Kier alpha value is -0.960. The minimum absolute atomic E-state index is 0.0742. The molecule has 184 valence electrons. The normalized spacial score (nSPS) is 13.1. The summed E-state index contributed by atoms with van der Waals surface area (Å²) >= 11 is 1.59.